The fourth-order valence-electron chi connectivity index (χ4n) is 2.78. The number of hydrogen-bond donors (Lipinski definition) is 2. The van der Waals surface area contributed by atoms with Gasteiger partial charge in [-0.25, -0.2) is 4.98 Å². The van der Waals surface area contributed by atoms with Gasteiger partial charge in [-0.05, 0) is 55.5 Å². The number of aromatic amines is 1. The Kier molecular flexibility index (Phi) is 3.30. The highest BCUT2D eigenvalue weighted by atomic mass is 16.3. The van der Waals surface area contributed by atoms with Crippen LogP contribution in [0.3, 0.4) is 0 Å². The van der Waals surface area contributed by atoms with E-state index in [1.807, 2.05) is 30.3 Å². The normalized spacial score (nSPS) is 12.8. The standard InChI is InChI=1S/C18H20N2O/c1-10-11(2)13(4)16-15(12(10)3)19-18(20-16)17(21)14-8-6-5-7-9-14/h5-9,17,21H,1-4H3,(H,19,20). The van der Waals surface area contributed by atoms with Crippen LogP contribution in [0.2, 0.25) is 0 Å². The van der Waals surface area contributed by atoms with E-state index in [4.69, 9.17) is 0 Å². The van der Waals surface area contributed by atoms with Gasteiger partial charge in [0.1, 0.15) is 11.9 Å². The maximum absolute atomic E-state index is 10.5. The van der Waals surface area contributed by atoms with Gasteiger partial charge in [0.15, 0.2) is 0 Å². The minimum absolute atomic E-state index is 0.604. The molecule has 1 unspecified atom stereocenters. The zero-order chi connectivity index (χ0) is 15.1. The van der Waals surface area contributed by atoms with Crippen molar-refractivity contribution in [1.29, 1.82) is 0 Å². The zero-order valence-corrected chi connectivity index (χ0v) is 12.9. The molecule has 21 heavy (non-hydrogen) atoms. The summed E-state index contributed by atoms with van der Waals surface area (Å²) in [5.41, 5.74) is 7.76. The van der Waals surface area contributed by atoms with E-state index in [2.05, 4.69) is 37.7 Å². The molecule has 108 valence electrons. The van der Waals surface area contributed by atoms with Gasteiger partial charge >= 0.3 is 0 Å². The van der Waals surface area contributed by atoms with Gasteiger partial charge in [0, 0.05) is 0 Å². The Morgan fingerprint density at radius 3 is 2.19 bits per heavy atom. The van der Waals surface area contributed by atoms with Gasteiger partial charge in [-0.3, -0.25) is 0 Å². The number of nitrogens with one attached hydrogen (secondary N) is 1. The number of aliphatic hydroxyl groups excluding tert-OH is 1. The van der Waals surface area contributed by atoms with Crippen LogP contribution < -0.4 is 0 Å². The van der Waals surface area contributed by atoms with E-state index >= 15 is 0 Å². The fourth-order valence-corrected chi connectivity index (χ4v) is 2.78. The van der Waals surface area contributed by atoms with Crippen LogP contribution in [0.5, 0.6) is 0 Å². The average molecular weight is 280 g/mol. The van der Waals surface area contributed by atoms with Crippen molar-refractivity contribution in [2.45, 2.75) is 33.8 Å². The first-order valence-corrected chi connectivity index (χ1v) is 7.19. The number of aliphatic hydroxyl groups is 1. The second-order valence-corrected chi connectivity index (χ2v) is 5.66. The van der Waals surface area contributed by atoms with Gasteiger partial charge in [-0.15, -0.1) is 0 Å². The minimum atomic E-state index is -0.724. The van der Waals surface area contributed by atoms with Gasteiger partial charge in [-0.1, -0.05) is 30.3 Å². The highest BCUT2D eigenvalue weighted by Gasteiger charge is 2.18. The van der Waals surface area contributed by atoms with E-state index in [0.717, 1.165) is 16.6 Å². The van der Waals surface area contributed by atoms with Crippen molar-refractivity contribution in [1.82, 2.24) is 9.97 Å². The molecular formula is C18H20N2O. The van der Waals surface area contributed by atoms with Crippen molar-refractivity contribution in [3.63, 3.8) is 0 Å². The Bertz CT molecular complexity index is 758. The van der Waals surface area contributed by atoms with Crippen molar-refractivity contribution in [2.75, 3.05) is 0 Å². The summed E-state index contributed by atoms with van der Waals surface area (Å²) in [6.07, 6.45) is -0.724. The number of rotatable bonds is 2. The van der Waals surface area contributed by atoms with E-state index in [1.54, 1.807) is 0 Å². The highest BCUT2D eigenvalue weighted by Crippen LogP contribution is 2.30. The number of H-pyrrole nitrogens is 1. The second kappa shape index (κ2) is 5.01. The highest BCUT2D eigenvalue weighted by molar-refractivity contribution is 5.84. The van der Waals surface area contributed by atoms with Crippen molar-refractivity contribution in [3.8, 4) is 0 Å². The van der Waals surface area contributed by atoms with Crippen molar-refractivity contribution >= 4 is 11.0 Å². The number of aromatic nitrogens is 2. The third-order valence-corrected chi connectivity index (χ3v) is 4.51. The molecule has 3 aromatic rings. The average Bonchev–Trinajstić information content (AvgIpc) is 2.96. The molecule has 0 spiro atoms. The molecule has 1 atom stereocenters. The molecule has 3 nitrogen and oxygen atoms in total. The monoisotopic (exact) mass is 280 g/mol. The maximum Gasteiger partial charge on any atom is 0.140 e. The molecule has 0 aliphatic carbocycles. The van der Waals surface area contributed by atoms with Crippen LogP contribution in [0.4, 0.5) is 0 Å². The summed E-state index contributed by atoms with van der Waals surface area (Å²) in [6.45, 7) is 8.44. The maximum atomic E-state index is 10.5. The Morgan fingerprint density at radius 1 is 0.905 bits per heavy atom. The molecule has 3 heteroatoms. The van der Waals surface area contributed by atoms with Crippen molar-refractivity contribution in [3.05, 3.63) is 64.0 Å². The number of nitrogens with zero attached hydrogens (tertiary/aromatic N) is 1. The summed E-state index contributed by atoms with van der Waals surface area (Å²) in [5, 5.41) is 10.5. The summed E-state index contributed by atoms with van der Waals surface area (Å²) in [5.74, 6) is 0.604. The minimum Gasteiger partial charge on any atom is -0.380 e. The van der Waals surface area contributed by atoms with Crippen LogP contribution in [0, 0.1) is 27.7 Å². The first kappa shape index (κ1) is 13.8. The molecule has 1 heterocycles. The lowest BCUT2D eigenvalue weighted by Crippen LogP contribution is -2.01. The number of hydrogen-bond acceptors (Lipinski definition) is 2. The lowest BCUT2D eigenvalue weighted by Gasteiger charge is -2.09. The molecular weight excluding hydrogens is 260 g/mol. The van der Waals surface area contributed by atoms with Crippen molar-refractivity contribution < 1.29 is 5.11 Å². The molecule has 2 N–H and O–H groups in total. The Hall–Kier alpha value is -2.13. The van der Waals surface area contributed by atoms with Gasteiger partial charge in [0.2, 0.25) is 0 Å². The van der Waals surface area contributed by atoms with Crippen LogP contribution >= 0.6 is 0 Å². The Balaban J connectivity index is 2.18. The lowest BCUT2D eigenvalue weighted by atomic mass is 9.98. The summed E-state index contributed by atoms with van der Waals surface area (Å²) in [6, 6.07) is 9.61. The second-order valence-electron chi connectivity index (χ2n) is 5.66. The predicted octanol–water partition coefficient (Wildman–Crippen LogP) is 3.88. The molecule has 0 radical (unpaired) electrons. The first-order valence-electron chi connectivity index (χ1n) is 7.19. The zero-order valence-electron chi connectivity index (χ0n) is 12.9. The number of imidazole rings is 1. The number of aryl methyl sites for hydroxylation is 2. The molecule has 0 aliphatic rings. The van der Waals surface area contributed by atoms with E-state index in [-0.39, 0.29) is 0 Å². The largest absolute Gasteiger partial charge is 0.380 e. The van der Waals surface area contributed by atoms with Crippen molar-refractivity contribution in [2.24, 2.45) is 0 Å². The van der Waals surface area contributed by atoms with Gasteiger partial charge < -0.3 is 10.1 Å². The van der Waals surface area contributed by atoms with E-state index in [0.29, 0.717) is 5.82 Å². The molecule has 2 aromatic carbocycles. The summed E-state index contributed by atoms with van der Waals surface area (Å²) >= 11 is 0. The molecule has 0 amide bonds. The van der Waals surface area contributed by atoms with Gasteiger partial charge in [0.05, 0.1) is 11.0 Å². The third-order valence-electron chi connectivity index (χ3n) is 4.51. The smallest absolute Gasteiger partial charge is 0.140 e. The van der Waals surface area contributed by atoms with Crippen LogP contribution in [0.1, 0.15) is 39.7 Å². The van der Waals surface area contributed by atoms with Crippen LogP contribution in [0.25, 0.3) is 11.0 Å². The number of fused-ring (bicyclic) bond motifs is 1. The van der Waals surface area contributed by atoms with E-state index < -0.39 is 6.10 Å². The first-order chi connectivity index (χ1) is 10.0. The molecule has 0 bridgehead atoms. The quantitative estimate of drug-likeness (QED) is 0.748. The summed E-state index contributed by atoms with van der Waals surface area (Å²) in [7, 11) is 0. The summed E-state index contributed by atoms with van der Waals surface area (Å²) in [4.78, 5) is 7.96. The molecule has 0 saturated heterocycles. The molecule has 0 fully saturated rings. The SMILES string of the molecule is Cc1c(C)c(C)c2[nH]c(C(O)c3ccccc3)nc2c1C. The molecule has 1 aromatic heterocycles. The van der Waals surface area contributed by atoms with E-state index in [9.17, 15) is 5.11 Å². The van der Waals surface area contributed by atoms with Crippen LogP contribution in [0.15, 0.2) is 30.3 Å². The fraction of sp³-hybridized carbons (Fsp3) is 0.278. The third kappa shape index (κ3) is 2.14. The van der Waals surface area contributed by atoms with Crippen LogP contribution in [-0.2, 0) is 0 Å². The predicted molar refractivity (Wildman–Crippen MR) is 85.5 cm³/mol. The van der Waals surface area contributed by atoms with Gasteiger partial charge in [-0.2, -0.15) is 0 Å². The molecule has 0 saturated carbocycles. The topological polar surface area (TPSA) is 48.9 Å². The van der Waals surface area contributed by atoms with Gasteiger partial charge in [0.25, 0.3) is 0 Å². The molecule has 0 aliphatic heterocycles. The molecule has 3 rings (SSSR count). The van der Waals surface area contributed by atoms with Crippen LogP contribution in [-0.4, -0.2) is 15.1 Å². The number of benzene rings is 2. The Morgan fingerprint density at radius 2 is 1.52 bits per heavy atom. The lowest BCUT2D eigenvalue weighted by molar-refractivity contribution is 0.211. The van der Waals surface area contributed by atoms with E-state index in [1.165, 1.54) is 22.3 Å². The summed E-state index contributed by atoms with van der Waals surface area (Å²) < 4.78 is 0. The Labute approximate surface area is 124 Å².